The Balaban J connectivity index is 1.40. The van der Waals surface area contributed by atoms with E-state index in [0.717, 1.165) is 0 Å². The molecule has 0 saturated carbocycles. The van der Waals surface area contributed by atoms with Crippen LogP contribution in [0.5, 0.6) is 0 Å². The van der Waals surface area contributed by atoms with E-state index in [1.165, 1.54) is 120 Å². The van der Waals surface area contributed by atoms with Crippen molar-refractivity contribution in [3.8, 4) is 44.5 Å². The van der Waals surface area contributed by atoms with Crippen molar-refractivity contribution in [2.45, 2.75) is 0 Å². The summed E-state index contributed by atoms with van der Waals surface area (Å²) < 4.78 is 0. The predicted molar refractivity (Wildman–Crippen MR) is 233 cm³/mol. The highest BCUT2D eigenvalue weighted by molar-refractivity contribution is 6.45. The summed E-state index contributed by atoms with van der Waals surface area (Å²) in [5.74, 6) is 0. The van der Waals surface area contributed by atoms with Gasteiger partial charge in [0.1, 0.15) is 0 Å². The molecule has 0 unspecified atom stereocenters. The molecule has 0 amide bonds. The van der Waals surface area contributed by atoms with E-state index in [1.54, 1.807) is 0 Å². The zero-order valence-corrected chi connectivity index (χ0v) is 29.5. The van der Waals surface area contributed by atoms with Crippen molar-refractivity contribution in [3.63, 3.8) is 0 Å². The first-order valence-electron chi connectivity index (χ1n) is 18.9. The van der Waals surface area contributed by atoms with E-state index in [4.69, 9.17) is 0 Å². The molecule has 0 spiro atoms. The van der Waals surface area contributed by atoms with Crippen LogP contribution in [0.25, 0.3) is 120 Å². The first kappa shape index (κ1) is 29.5. The summed E-state index contributed by atoms with van der Waals surface area (Å²) >= 11 is 0. The van der Waals surface area contributed by atoms with Crippen LogP contribution in [0.3, 0.4) is 0 Å². The number of fused-ring (bicyclic) bond motifs is 8. The standard InChI is InChI=1S/C54H32/c1-4-16-33(17-5-1)36-22-10-13-25-41(36)51-47-32-46-39-24-12-11-23-38(39)42-27-15-28-43(50(42)46)52(47)48(35-20-8-3-9-21-35)53-44-29-14-26-40-37(34-18-6-2-7-19-34)30-31-45(49(40)44)54(51)53/h1-32H. The van der Waals surface area contributed by atoms with E-state index in [0.29, 0.717) is 0 Å². The van der Waals surface area contributed by atoms with Gasteiger partial charge < -0.3 is 0 Å². The minimum absolute atomic E-state index is 1.22. The molecule has 0 heterocycles. The minimum atomic E-state index is 1.22. The van der Waals surface area contributed by atoms with Crippen molar-refractivity contribution < 1.29 is 0 Å². The lowest BCUT2D eigenvalue weighted by Gasteiger charge is -2.20. The van der Waals surface area contributed by atoms with Gasteiger partial charge in [-0.25, -0.2) is 0 Å². The zero-order chi connectivity index (χ0) is 35.3. The van der Waals surface area contributed by atoms with Crippen molar-refractivity contribution >= 4 is 75.4 Å². The second kappa shape index (κ2) is 11.2. The topological polar surface area (TPSA) is 0 Å². The normalized spacial score (nSPS) is 12.1. The van der Waals surface area contributed by atoms with Crippen LogP contribution in [0, 0.1) is 0 Å². The van der Waals surface area contributed by atoms with Gasteiger partial charge in [-0.2, -0.15) is 0 Å². The lowest BCUT2D eigenvalue weighted by Crippen LogP contribution is -1.93. The fourth-order valence-electron chi connectivity index (χ4n) is 9.83. The third-order valence-electron chi connectivity index (χ3n) is 11.9. The summed E-state index contributed by atoms with van der Waals surface area (Å²) in [5, 5.41) is 18.4. The summed E-state index contributed by atoms with van der Waals surface area (Å²) in [6.45, 7) is 0. The summed E-state index contributed by atoms with van der Waals surface area (Å²) in [5.41, 5.74) is 10.1. The van der Waals surface area contributed by atoms with Crippen LogP contribution in [0.15, 0.2) is 194 Å². The minimum Gasteiger partial charge on any atom is -0.0622 e. The first-order chi connectivity index (χ1) is 26.8. The molecular formula is C54H32. The SMILES string of the molecule is c1ccc(-c2ccccc2-c2c3cc4c5ccccc5c5cccc(c3c(-c3ccccc3)c3c6cccc7c(-c8ccccc8)ccc(c23)c76)c54)cc1. The van der Waals surface area contributed by atoms with Crippen LogP contribution < -0.4 is 0 Å². The Kier molecular flexibility index (Phi) is 6.15. The highest BCUT2D eigenvalue weighted by Gasteiger charge is 2.27. The van der Waals surface area contributed by atoms with Gasteiger partial charge in [0, 0.05) is 0 Å². The molecule has 0 nitrogen and oxygen atoms in total. The third-order valence-corrected chi connectivity index (χ3v) is 11.9. The lowest BCUT2D eigenvalue weighted by atomic mass is 9.82. The molecule has 0 aliphatic carbocycles. The maximum absolute atomic E-state index is 2.54. The number of hydrogen-bond acceptors (Lipinski definition) is 0. The molecule has 12 aromatic rings. The van der Waals surface area contributed by atoms with Crippen molar-refractivity contribution in [2.24, 2.45) is 0 Å². The average Bonchev–Trinajstić information content (AvgIpc) is 3.75. The summed E-state index contributed by atoms with van der Waals surface area (Å²) in [6.07, 6.45) is 0. The molecule has 0 heteroatoms. The molecule has 12 rings (SSSR count). The largest absolute Gasteiger partial charge is 0.0622 e. The van der Waals surface area contributed by atoms with Crippen LogP contribution in [-0.2, 0) is 0 Å². The van der Waals surface area contributed by atoms with Crippen molar-refractivity contribution in [1.29, 1.82) is 0 Å². The average molecular weight is 681 g/mol. The molecule has 0 aromatic heterocycles. The molecule has 0 radical (unpaired) electrons. The van der Waals surface area contributed by atoms with Gasteiger partial charge in [-0.1, -0.05) is 188 Å². The fourth-order valence-corrected chi connectivity index (χ4v) is 9.83. The molecule has 0 atom stereocenters. The Hall–Kier alpha value is -7.02. The maximum Gasteiger partial charge on any atom is -0.000718 e. The number of hydrogen-bond donors (Lipinski definition) is 0. The predicted octanol–water partition coefficient (Wildman–Crippen LogP) is 15.3. The van der Waals surface area contributed by atoms with Crippen molar-refractivity contribution in [1.82, 2.24) is 0 Å². The summed E-state index contributed by atoms with van der Waals surface area (Å²) in [7, 11) is 0. The first-order valence-corrected chi connectivity index (χ1v) is 18.9. The second-order valence-corrected chi connectivity index (χ2v) is 14.7. The lowest BCUT2D eigenvalue weighted by molar-refractivity contribution is 1.61. The Morgan fingerprint density at radius 1 is 0.185 bits per heavy atom. The Morgan fingerprint density at radius 3 is 1.35 bits per heavy atom. The van der Waals surface area contributed by atoms with Crippen molar-refractivity contribution in [2.75, 3.05) is 0 Å². The van der Waals surface area contributed by atoms with E-state index >= 15 is 0 Å². The van der Waals surface area contributed by atoms with Crippen LogP contribution in [0.2, 0.25) is 0 Å². The number of rotatable bonds is 4. The molecular weight excluding hydrogens is 649 g/mol. The van der Waals surface area contributed by atoms with Crippen LogP contribution in [0.4, 0.5) is 0 Å². The van der Waals surface area contributed by atoms with Gasteiger partial charge >= 0.3 is 0 Å². The van der Waals surface area contributed by atoms with Gasteiger partial charge in [-0.3, -0.25) is 0 Å². The van der Waals surface area contributed by atoms with E-state index < -0.39 is 0 Å². The maximum atomic E-state index is 2.54. The molecule has 0 N–H and O–H groups in total. The van der Waals surface area contributed by atoms with Crippen molar-refractivity contribution in [3.05, 3.63) is 194 Å². The fraction of sp³-hybridized carbons (Fsp3) is 0. The van der Waals surface area contributed by atoms with Gasteiger partial charge in [-0.05, 0) is 126 Å². The molecule has 12 aromatic carbocycles. The smallest absolute Gasteiger partial charge is 0.000718 e. The quantitative estimate of drug-likeness (QED) is 0.162. The van der Waals surface area contributed by atoms with E-state index in [-0.39, 0.29) is 0 Å². The number of benzene rings is 10. The molecule has 0 aliphatic rings. The van der Waals surface area contributed by atoms with Crippen LogP contribution >= 0.6 is 0 Å². The van der Waals surface area contributed by atoms with E-state index in [2.05, 4.69) is 194 Å². The van der Waals surface area contributed by atoms with Gasteiger partial charge in [0.25, 0.3) is 0 Å². The molecule has 0 bridgehead atoms. The monoisotopic (exact) mass is 680 g/mol. The summed E-state index contributed by atoms with van der Waals surface area (Å²) in [4.78, 5) is 0. The van der Waals surface area contributed by atoms with E-state index in [9.17, 15) is 0 Å². The van der Waals surface area contributed by atoms with Crippen LogP contribution in [0.1, 0.15) is 0 Å². The molecule has 0 aliphatic heterocycles. The van der Waals surface area contributed by atoms with Crippen LogP contribution in [-0.4, -0.2) is 0 Å². The van der Waals surface area contributed by atoms with E-state index in [1.807, 2.05) is 0 Å². The molecule has 0 saturated heterocycles. The van der Waals surface area contributed by atoms with Gasteiger partial charge in [0.15, 0.2) is 0 Å². The Bertz CT molecular complexity index is 3390. The molecule has 248 valence electrons. The Morgan fingerprint density at radius 2 is 0.648 bits per heavy atom. The summed E-state index contributed by atoms with van der Waals surface area (Å²) in [6, 6.07) is 72.1. The van der Waals surface area contributed by atoms with Gasteiger partial charge in [0.05, 0.1) is 0 Å². The second-order valence-electron chi connectivity index (χ2n) is 14.7. The molecule has 0 fully saturated rings. The highest BCUT2D eigenvalue weighted by Crippen LogP contribution is 2.56. The highest BCUT2D eigenvalue weighted by atomic mass is 14.3. The molecule has 54 heavy (non-hydrogen) atoms. The third kappa shape index (κ3) is 3.97. The van der Waals surface area contributed by atoms with Gasteiger partial charge in [0.2, 0.25) is 0 Å². The van der Waals surface area contributed by atoms with Gasteiger partial charge in [-0.15, -0.1) is 0 Å². The Labute approximate surface area is 312 Å². The zero-order valence-electron chi connectivity index (χ0n) is 29.5.